The number of hydrogen-bond donors (Lipinski definition) is 2. The van der Waals surface area contributed by atoms with Crippen molar-refractivity contribution in [1.82, 2.24) is 5.32 Å². The van der Waals surface area contributed by atoms with Crippen molar-refractivity contribution in [3.8, 4) is 5.75 Å². The number of rotatable bonds is 8. The summed E-state index contributed by atoms with van der Waals surface area (Å²) in [6.45, 7) is 3.53. The Morgan fingerprint density at radius 3 is 2.78 bits per heavy atom. The average molecular weight is 253 g/mol. The summed E-state index contributed by atoms with van der Waals surface area (Å²) in [6.07, 6.45) is 0.397. The monoisotopic (exact) mass is 253 g/mol. The van der Waals surface area contributed by atoms with E-state index in [4.69, 9.17) is 9.47 Å². The first-order valence-electron chi connectivity index (χ1n) is 6.23. The molecule has 0 aliphatic heterocycles. The van der Waals surface area contributed by atoms with Crippen LogP contribution in [0.4, 0.5) is 0 Å². The zero-order valence-electron chi connectivity index (χ0n) is 11.3. The Labute approximate surface area is 109 Å². The van der Waals surface area contributed by atoms with Crippen LogP contribution in [-0.4, -0.2) is 38.5 Å². The standard InChI is InChI=1S/C14H23NO3/c1-11(15-8-5-9-17-2)14(16)12-6-4-7-13(10-12)18-3/h4,6-7,10-11,14-16H,5,8-9H2,1-3H3. The highest BCUT2D eigenvalue weighted by Gasteiger charge is 2.15. The normalized spacial score (nSPS) is 14.2. The highest BCUT2D eigenvalue weighted by molar-refractivity contribution is 5.30. The summed E-state index contributed by atoms with van der Waals surface area (Å²) in [5.74, 6) is 0.762. The third kappa shape index (κ3) is 4.64. The van der Waals surface area contributed by atoms with Gasteiger partial charge in [0.25, 0.3) is 0 Å². The van der Waals surface area contributed by atoms with Crippen LogP contribution >= 0.6 is 0 Å². The summed E-state index contributed by atoms with van der Waals surface area (Å²) in [7, 11) is 3.31. The van der Waals surface area contributed by atoms with Gasteiger partial charge in [-0.15, -0.1) is 0 Å². The highest BCUT2D eigenvalue weighted by Crippen LogP contribution is 2.21. The number of aliphatic hydroxyl groups is 1. The zero-order valence-corrected chi connectivity index (χ0v) is 11.3. The lowest BCUT2D eigenvalue weighted by Gasteiger charge is -2.21. The number of benzene rings is 1. The number of hydrogen-bond acceptors (Lipinski definition) is 4. The van der Waals surface area contributed by atoms with Crippen molar-refractivity contribution < 1.29 is 14.6 Å². The molecule has 2 unspecified atom stereocenters. The van der Waals surface area contributed by atoms with E-state index in [0.29, 0.717) is 0 Å². The van der Waals surface area contributed by atoms with Crippen LogP contribution < -0.4 is 10.1 Å². The molecule has 1 aromatic carbocycles. The van der Waals surface area contributed by atoms with Gasteiger partial charge in [0.1, 0.15) is 5.75 Å². The van der Waals surface area contributed by atoms with Gasteiger partial charge in [0.2, 0.25) is 0 Å². The predicted octanol–water partition coefficient (Wildman–Crippen LogP) is 1.74. The second-order valence-corrected chi connectivity index (χ2v) is 4.31. The summed E-state index contributed by atoms with van der Waals surface area (Å²) in [5.41, 5.74) is 0.862. The van der Waals surface area contributed by atoms with E-state index in [1.54, 1.807) is 14.2 Å². The molecule has 0 aliphatic rings. The second-order valence-electron chi connectivity index (χ2n) is 4.31. The van der Waals surface area contributed by atoms with Gasteiger partial charge in [-0.25, -0.2) is 0 Å². The molecule has 102 valence electrons. The SMILES string of the molecule is COCCCNC(C)C(O)c1cccc(OC)c1. The van der Waals surface area contributed by atoms with Crippen LogP contribution in [0.3, 0.4) is 0 Å². The molecule has 2 atom stereocenters. The quantitative estimate of drug-likeness (QED) is 0.693. The molecular weight excluding hydrogens is 230 g/mol. The molecule has 4 nitrogen and oxygen atoms in total. The minimum atomic E-state index is -0.539. The molecule has 1 rings (SSSR count). The summed E-state index contributed by atoms with van der Waals surface area (Å²) in [6, 6.07) is 7.51. The van der Waals surface area contributed by atoms with E-state index in [1.807, 2.05) is 31.2 Å². The van der Waals surface area contributed by atoms with Crippen molar-refractivity contribution in [2.45, 2.75) is 25.5 Å². The van der Waals surface area contributed by atoms with Gasteiger partial charge in [-0.3, -0.25) is 0 Å². The minimum absolute atomic E-state index is 0.00559. The maximum atomic E-state index is 10.2. The Morgan fingerprint density at radius 2 is 2.11 bits per heavy atom. The van der Waals surface area contributed by atoms with Gasteiger partial charge in [0, 0.05) is 19.8 Å². The van der Waals surface area contributed by atoms with Crippen LogP contribution in [0.5, 0.6) is 5.75 Å². The van der Waals surface area contributed by atoms with Gasteiger partial charge in [-0.2, -0.15) is 0 Å². The van der Waals surface area contributed by atoms with E-state index >= 15 is 0 Å². The Kier molecular flexibility index (Phi) is 6.72. The first-order valence-corrected chi connectivity index (χ1v) is 6.23. The Bertz CT molecular complexity index is 344. The lowest BCUT2D eigenvalue weighted by atomic mass is 10.0. The number of aliphatic hydroxyl groups excluding tert-OH is 1. The fourth-order valence-corrected chi connectivity index (χ4v) is 1.77. The fraction of sp³-hybridized carbons (Fsp3) is 0.571. The van der Waals surface area contributed by atoms with Gasteiger partial charge in [-0.05, 0) is 37.6 Å². The predicted molar refractivity (Wildman–Crippen MR) is 71.9 cm³/mol. The van der Waals surface area contributed by atoms with Gasteiger partial charge in [-0.1, -0.05) is 12.1 Å². The van der Waals surface area contributed by atoms with Crippen molar-refractivity contribution in [1.29, 1.82) is 0 Å². The first-order chi connectivity index (χ1) is 8.69. The summed E-state index contributed by atoms with van der Waals surface area (Å²) >= 11 is 0. The van der Waals surface area contributed by atoms with Crippen LogP contribution in [0.1, 0.15) is 25.0 Å². The molecular formula is C14H23NO3. The molecule has 0 amide bonds. The molecule has 0 spiro atoms. The molecule has 1 aromatic rings. The molecule has 2 N–H and O–H groups in total. The number of methoxy groups -OCH3 is 2. The zero-order chi connectivity index (χ0) is 13.4. The average Bonchev–Trinajstić information content (AvgIpc) is 2.42. The molecule has 0 heterocycles. The molecule has 0 saturated heterocycles. The van der Waals surface area contributed by atoms with E-state index in [2.05, 4.69) is 5.32 Å². The van der Waals surface area contributed by atoms with Crippen molar-refractivity contribution in [3.05, 3.63) is 29.8 Å². The smallest absolute Gasteiger partial charge is 0.119 e. The molecule has 0 saturated carbocycles. The Hall–Kier alpha value is -1.10. The molecule has 4 heteroatoms. The molecule has 0 bridgehead atoms. The van der Waals surface area contributed by atoms with Crippen LogP contribution in [0.15, 0.2) is 24.3 Å². The van der Waals surface area contributed by atoms with Crippen molar-refractivity contribution in [2.75, 3.05) is 27.4 Å². The summed E-state index contributed by atoms with van der Waals surface area (Å²) in [5, 5.41) is 13.5. The van der Waals surface area contributed by atoms with Crippen LogP contribution in [0, 0.1) is 0 Å². The van der Waals surface area contributed by atoms with Crippen LogP contribution in [0.2, 0.25) is 0 Å². The van der Waals surface area contributed by atoms with E-state index in [-0.39, 0.29) is 6.04 Å². The third-order valence-electron chi connectivity index (χ3n) is 2.90. The molecule has 18 heavy (non-hydrogen) atoms. The van der Waals surface area contributed by atoms with Gasteiger partial charge in [0.15, 0.2) is 0 Å². The highest BCUT2D eigenvalue weighted by atomic mass is 16.5. The van der Waals surface area contributed by atoms with Crippen molar-refractivity contribution in [2.24, 2.45) is 0 Å². The number of ether oxygens (including phenoxy) is 2. The fourth-order valence-electron chi connectivity index (χ4n) is 1.77. The van der Waals surface area contributed by atoms with Crippen LogP contribution in [0.25, 0.3) is 0 Å². The number of nitrogens with one attached hydrogen (secondary N) is 1. The molecule has 0 radical (unpaired) electrons. The van der Waals surface area contributed by atoms with E-state index in [0.717, 1.165) is 30.9 Å². The summed E-state index contributed by atoms with van der Waals surface area (Å²) < 4.78 is 10.1. The lowest BCUT2D eigenvalue weighted by molar-refractivity contribution is 0.132. The van der Waals surface area contributed by atoms with Gasteiger partial charge >= 0.3 is 0 Å². The molecule has 0 aliphatic carbocycles. The summed E-state index contributed by atoms with van der Waals surface area (Å²) in [4.78, 5) is 0. The van der Waals surface area contributed by atoms with Crippen molar-refractivity contribution >= 4 is 0 Å². The van der Waals surface area contributed by atoms with Crippen LogP contribution in [-0.2, 0) is 4.74 Å². The third-order valence-corrected chi connectivity index (χ3v) is 2.90. The Morgan fingerprint density at radius 1 is 1.33 bits per heavy atom. The molecule has 0 fully saturated rings. The van der Waals surface area contributed by atoms with E-state index in [9.17, 15) is 5.11 Å². The largest absolute Gasteiger partial charge is 0.497 e. The van der Waals surface area contributed by atoms with Crippen molar-refractivity contribution in [3.63, 3.8) is 0 Å². The lowest BCUT2D eigenvalue weighted by Crippen LogP contribution is -2.33. The maximum absolute atomic E-state index is 10.2. The second kappa shape index (κ2) is 8.08. The molecule has 0 aromatic heterocycles. The minimum Gasteiger partial charge on any atom is -0.497 e. The van der Waals surface area contributed by atoms with Gasteiger partial charge in [0.05, 0.1) is 13.2 Å². The van der Waals surface area contributed by atoms with E-state index < -0.39 is 6.10 Å². The maximum Gasteiger partial charge on any atom is 0.119 e. The topological polar surface area (TPSA) is 50.7 Å². The Balaban J connectivity index is 2.48. The van der Waals surface area contributed by atoms with E-state index in [1.165, 1.54) is 0 Å². The first kappa shape index (κ1) is 15.0. The van der Waals surface area contributed by atoms with Gasteiger partial charge < -0.3 is 19.9 Å².